The number of fused-ring (bicyclic) bond motifs is 1. The summed E-state index contributed by atoms with van der Waals surface area (Å²) in [6.45, 7) is 0. The van der Waals surface area contributed by atoms with E-state index in [9.17, 15) is 9.59 Å². The number of benzene rings is 2. The average molecular weight is 453 g/mol. The van der Waals surface area contributed by atoms with E-state index in [4.69, 9.17) is 0 Å². The summed E-state index contributed by atoms with van der Waals surface area (Å²) in [6.07, 6.45) is 1.86. The molecule has 0 saturated carbocycles. The summed E-state index contributed by atoms with van der Waals surface area (Å²) in [6, 6.07) is 15.9. The second kappa shape index (κ2) is 7.08. The highest BCUT2D eigenvalue weighted by molar-refractivity contribution is 9.10. The summed E-state index contributed by atoms with van der Waals surface area (Å²) in [5.74, 6) is 0. The molecule has 0 aliphatic carbocycles. The van der Waals surface area contributed by atoms with Crippen molar-refractivity contribution in [3.8, 4) is 16.9 Å². The summed E-state index contributed by atoms with van der Waals surface area (Å²) in [7, 11) is 7.18. The molecular formula is C22H21BrN4O2. The van der Waals surface area contributed by atoms with E-state index in [1.54, 1.807) is 7.05 Å². The molecule has 0 aliphatic heterocycles. The Labute approximate surface area is 176 Å². The van der Waals surface area contributed by atoms with Gasteiger partial charge in [-0.15, -0.1) is 0 Å². The number of aryl methyl sites for hydroxylation is 1. The molecule has 0 atom stereocenters. The molecule has 6 nitrogen and oxygen atoms in total. The second-order valence-electron chi connectivity index (χ2n) is 7.23. The first-order valence-corrected chi connectivity index (χ1v) is 9.93. The number of hydrogen-bond donors (Lipinski definition) is 0. The van der Waals surface area contributed by atoms with E-state index in [0.717, 1.165) is 31.7 Å². The van der Waals surface area contributed by atoms with Gasteiger partial charge in [-0.25, -0.2) is 4.79 Å². The lowest BCUT2D eigenvalue weighted by Crippen LogP contribution is -2.36. The van der Waals surface area contributed by atoms with Crippen molar-refractivity contribution in [2.24, 2.45) is 14.1 Å². The Morgan fingerprint density at radius 1 is 0.931 bits per heavy atom. The zero-order valence-corrected chi connectivity index (χ0v) is 18.3. The van der Waals surface area contributed by atoms with Crippen LogP contribution in [0.5, 0.6) is 0 Å². The SMILES string of the molecule is CN(C)c1ccc(-n2cc3c(c2-c2cccc(Br)c2)c(=O)n(C)c(=O)n3C)cc1. The molecule has 148 valence electrons. The van der Waals surface area contributed by atoms with Crippen molar-refractivity contribution in [2.75, 3.05) is 19.0 Å². The van der Waals surface area contributed by atoms with Gasteiger partial charge < -0.3 is 9.47 Å². The molecule has 4 rings (SSSR count). The predicted molar refractivity (Wildman–Crippen MR) is 121 cm³/mol. The number of anilines is 1. The Morgan fingerprint density at radius 3 is 2.24 bits per heavy atom. The summed E-state index contributed by atoms with van der Waals surface area (Å²) < 4.78 is 5.57. The molecule has 0 amide bonds. The highest BCUT2D eigenvalue weighted by Crippen LogP contribution is 2.32. The average Bonchev–Trinajstić information content (AvgIpc) is 3.11. The van der Waals surface area contributed by atoms with Crippen molar-refractivity contribution in [1.29, 1.82) is 0 Å². The van der Waals surface area contributed by atoms with Gasteiger partial charge in [0.1, 0.15) is 0 Å². The maximum atomic E-state index is 13.1. The molecular weight excluding hydrogens is 432 g/mol. The monoisotopic (exact) mass is 452 g/mol. The summed E-state index contributed by atoms with van der Waals surface area (Å²) in [5, 5.41) is 0.518. The van der Waals surface area contributed by atoms with Crippen molar-refractivity contribution >= 4 is 32.5 Å². The minimum Gasteiger partial charge on any atom is -0.378 e. The van der Waals surface area contributed by atoms with Gasteiger partial charge in [-0.1, -0.05) is 28.1 Å². The number of hydrogen-bond acceptors (Lipinski definition) is 3. The van der Waals surface area contributed by atoms with E-state index in [2.05, 4.69) is 15.9 Å². The summed E-state index contributed by atoms with van der Waals surface area (Å²) in [5.41, 5.74) is 3.60. The van der Waals surface area contributed by atoms with Crippen LogP contribution in [0.1, 0.15) is 0 Å². The third kappa shape index (κ3) is 3.11. The Bertz CT molecular complexity index is 1340. The number of rotatable bonds is 3. The Morgan fingerprint density at radius 2 is 1.62 bits per heavy atom. The van der Waals surface area contributed by atoms with Gasteiger partial charge in [-0.3, -0.25) is 13.9 Å². The molecule has 0 radical (unpaired) electrons. The minimum atomic E-state index is -0.344. The van der Waals surface area contributed by atoms with Crippen LogP contribution >= 0.6 is 15.9 Å². The fourth-order valence-electron chi connectivity index (χ4n) is 3.58. The van der Waals surface area contributed by atoms with Gasteiger partial charge in [-0.2, -0.15) is 0 Å². The number of halogens is 1. The van der Waals surface area contributed by atoms with E-state index >= 15 is 0 Å². The first kappa shape index (κ1) is 19.3. The van der Waals surface area contributed by atoms with Crippen LogP contribution in [-0.4, -0.2) is 27.8 Å². The first-order valence-electron chi connectivity index (χ1n) is 9.14. The van der Waals surface area contributed by atoms with E-state index in [1.807, 2.05) is 78.3 Å². The molecule has 2 aromatic heterocycles. The summed E-state index contributed by atoms with van der Waals surface area (Å²) >= 11 is 3.52. The predicted octanol–water partition coefficient (Wildman–Crippen LogP) is 3.52. The molecule has 0 saturated heterocycles. The van der Waals surface area contributed by atoms with Gasteiger partial charge in [0.25, 0.3) is 5.56 Å². The van der Waals surface area contributed by atoms with E-state index in [1.165, 1.54) is 11.6 Å². The third-order valence-corrected chi connectivity index (χ3v) is 5.67. The molecule has 0 fully saturated rings. The first-order chi connectivity index (χ1) is 13.8. The molecule has 0 bridgehead atoms. The highest BCUT2D eigenvalue weighted by atomic mass is 79.9. The maximum absolute atomic E-state index is 13.1. The van der Waals surface area contributed by atoms with Crippen LogP contribution in [0, 0.1) is 0 Å². The number of nitrogens with zero attached hydrogens (tertiary/aromatic N) is 4. The smallest absolute Gasteiger partial charge is 0.330 e. The van der Waals surface area contributed by atoms with Gasteiger partial charge in [-0.05, 0) is 36.4 Å². The Kier molecular flexibility index (Phi) is 4.70. The lowest BCUT2D eigenvalue weighted by atomic mass is 10.1. The molecule has 2 aromatic carbocycles. The van der Waals surface area contributed by atoms with Gasteiger partial charge in [0.05, 0.1) is 16.6 Å². The lowest BCUT2D eigenvalue weighted by molar-refractivity contribution is 0.714. The normalized spacial score (nSPS) is 11.2. The Hall–Kier alpha value is -3.06. The molecule has 0 aliphatic rings. The van der Waals surface area contributed by atoms with Gasteiger partial charge in [0.15, 0.2) is 0 Å². The molecule has 2 heterocycles. The quantitative estimate of drug-likeness (QED) is 0.477. The van der Waals surface area contributed by atoms with Crippen LogP contribution in [0.25, 0.3) is 27.8 Å². The molecule has 4 aromatic rings. The minimum absolute atomic E-state index is 0.304. The zero-order valence-electron chi connectivity index (χ0n) is 16.7. The fraction of sp³-hybridized carbons (Fsp3) is 0.182. The Balaban J connectivity index is 2.13. The van der Waals surface area contributed by atoms with Crippen molar-refractivity contribution in [2.45, 2.75) is 0 Å². The second-order valence-corrected chi connectivity index (χ2v) is 8.15. The standard InChI is InChI=1S/C22H21BrN4O2/c1-24(2)16-8-10-17(11-9-16)27-13-18-19(21(28)26(4)22(29)25(18)3)20(27)14-6-5-7-15(23)12-14/h5-13H,1-4H3. The molecule has 7 heteroatoms. The lowest BCUT2D eigenvalue weighted by Gasteiger charge is -2.14. The van der Waals surface area contributed by atoms with Gasteiger partial charge in [0, 0.05) is 55.8 Å². The van der Waals surface area contributed by atoms with Crippen molar-refractivity contribution in [3.63, 3.8) is 0 Å². The largest absolute Gasteiger partial charge is 0.378 e. The third-order valence-electron chi connectivity index (χ3n) is 5.18. The van der Waals surface area contributed by atoms with Gasteiger partial charge >= 0.3 is 5.69 Å². The van der Waals surface area contributed by atoms with Crippen LogP contribution in [-0.2, 0) is 14.1 Å². The van der Waals surface area contributed by atoms with Crippen molar-refractivity contribution in [1.82, 2.24) is 13.7 Å². The molecule has 0 unspecified atom stereocenters. The van der Waals surface area contributed by atoms with Crippen LogP contribution in [0.2, 0.25) is 0 Å². The summed E-state index contributed by atoms with van der Waals surface area (Å²) in [4.78, 5) is 27.6. The van der Waals surface area contributed by atoms with Crippen LogP contribution in [0.4, 0.5) is 5.69 Å². The maximum Gasteiger partial charge on any atom is 0.330 e. The van der Waals surface area contributed by atoms with Gasteiger partial charge in [0.2, 0.25) is 0 Å². The topological polar surface area (TPSA) is 52.2 Å². The molecule has 29 heavy (non-hydrogen) atoms. The van der Waals surface area contributed by atoms with Crippen molar-refractivity contribution in [3.05, 3.63) is 80.0 Å². The van der Waals surface area contributed by atoms with E-state index < -0.39 is 0 Å². The zero-order chi connectivity index (χ0) is 20.9. The number of aromatic nitrogens is 3. The van der Waals surface area contributed by atoms with Crippen LogP contribution in [0.15, 0.2) is 68.8 Å². The van der Waals surface area contributed by atoms with Crippen LogP contribution in [0.3, 0.4) is 0 Å². The van der Waals surface area contributed by atoms with Crippen molar-refractivity contribution < 1.29 is 0 Å². The fourth-order valence-corrected chi connectivity index (χ4v) is 3.97. The highest BCUT2D eigenvalue weighted by Gasteiger charge is 2.20. The molecule has 0 spiro atoms. The van der Waals surface area contributed by atoms with E-state index in [-0.39, 0.29) is 11.2 Å². The molecule has 0 N–H and O–H groups in total. The van der Waals surface area contributed by atoms with E-state index in [0.29, 0.717) is 10.9 Å². The van der Waals surface area contributed by atoms with Crippen LogP contribution < -0.4 is 16.1 Å².